The van der Waals surface area contributed by atoms with Crippen molar-refractivity contribution < 1.29 is 23.7 Å². The number of methoxy groups -OCH3 is 2. The number of piperidine rings is 2. The molecule has 0 saturated carbocycles. The number of carbonyl (C=O) groups is 1. The topological polar surface area (TPSA) is 73.0 Å². The van der Waals surface area contributed by atoms with Crippen LogP contribution in [0.25, 0.3) is 10.9 Å². The molecule has 6 rings (SSSR count). The molecular formula is C29H34N2O5. The van der Waals surface area contributed by atoms with Crippen molar-refractivity contribution >= 4 is 16.9 Å². The van der Waals surface area contributed by atoms with Gasteiger partial charge in [-0.2, -0.15) is 0 Å². The van der Waals surface area contributed by atoms with Crippen molar-refractivity contribution in [2.45, 2.75) is 57.8 Å². The first-order valence-corrected chi connectivity index (χ1v) is 13.0. The minimum atomic E-state index is -0.347. The Hall–Kier alpha value is -3.19. The molecule has 0 radical (unpaired) electrons. The third-order valence-corrected chi connectivity index (χ3v) is 8.32. The van der Waals surface area contributed by atoms with Gasteiger partial charge in [0.25, 0.3) is 0 Å². The maximum atomic E-state index is 13.5. The number of hydrogen-bond acceptors (Lipinski definition) is 6. The van der Waals surface area contributed by atoms with Gasteiger partial charge in [-0.25, -0.2) is 4.79 Å². The van der Waals surface area contributed by atoms with Crippen molar-refractivity contribution in [3.63, 3.8) is 0 Å². The van der Waals surface area contributed by atoms with Crippen molar-refractivity contribution in [2.24, 2.45) is 5.92 Å². The van der Waals surface area contributed by atoms with Gasteiger partial charge in [-0.1, -0.05) is 30.3 Å². The van der Waals surface area contributed by atoms with Gasteiger partial charge in [0.2, 0.25) is 5.75 Å². The Balaban J connectivity index is 1.49. The van der Waals surface area contributed by atoms with Crippen LogP contribution < -0.4 is 14.2 Å². The molecule has 2 saturated heterocycles. The number of nitrogens with one attached hydrogen (secondary N) is 1. The minimum Gasteiger partial charge on any atom is -0.491 e. The molecule has 1 spiro atoms. The molecule has 2 unspecified atom stereocenters. The zero-order chi connectivity index (χ0) is 24.9. The third kappa shape index (κ3) is 3.47. The number of ether oxygens (including phenoxy) is 4. The van der Waals surface area contributed by atoms with E-state index in [0.717, 1.165) is 66.5 Å². The maximum Gasteiger partial charge on any atom is 0.340 e. The summed E-state index contributed by atoms with van der Waals surface area (Å²) in [7, 11) is 3.28. The van der Waals surface area contributed by atoms with Crippen LogP contribution in [0.2, 0.25) is 0 Å². The van der Waals surface area contributed by atoms with Crippen LogP contribution in [-0.4, -0.2) is 48.9 Å². The molecule has 3 aliphatic heterocycles. The predicted molar refractivity (Wildman–Crippen MR) is 137 cm³/mol. The second kappa shape index (κ2) is 9.04. The molecule has 0 amide bonds. The minimum absolute atomic E-state index is 0.221. The number of aromatic nitrogens is 1. The molecule has 7 heteroatoms. The first kappa shape index (κ1) is 23.2. The van der Waals surface area contributed by atoms with Gasteiger partial charge in [0.05, 0.1) is 25.3 Å². The molecule has 4 heterocycles. The first-order valence-electron chi connectivity index (χ1n) is 13.0. The lowest BCUT2D eigenvalue weighted by atomic mass is 9.74. The number of fused-ring (bicyclic) bond motifs is 3. The van der Waals surface area contributed by atoms with E-state index >= 15 is 0 Å². The van der Waals surface area contributed by atoms with E-state index in [0.29, 0.717) is 28.7 Å². The van der Waals surface area contributed by atoms with E-state index in [1.807, 2.05) is 37.3 Å². The van der Waals surface area contributed by atoms with Crippen LogP contribution in [0.4, 0.5) is 0 Å². The number of carbonyl (C=O) groups excluding carboxylic acids is 1. The number of esters is 1. The fourth-order valence-electron chi connectivity index (χ4n) is 6.73. The van der Waals surface area contributed by atoms with Gasteiger partial charge >= 0.3 is 5.97 Å². The second-order valence-electron chi connectivity index (χ2n) is 10.2. The normalized spacial score (nSPS) is 23.2. The van der Waals surface area contributed by atoms with E-state index in [1.54, 1.807) is 14.2 Å². The van der Waals surface area contributed by atoms with Crippen molar-refractivity contribution in [2.75, 3.05) is 27.3 Å². The van der Waals surface area contributed by atoms with Gasteiger partial charge in [-0.15, -0.1) is 0 Å². The van der Waals surface area contributed by atoms with Crippen molar-refractivity contribution in [1.29, 1.82) is 0 Å². The lowest BCUT2D eigenvalue weighted by Crippen LogP contribution is -2.64. The molecule has 7 nitrogen and oxygen atoms in total. The highest BCUT2D eigenvalue weighted by molar-refractivity contribution is 6.10. The number of benzene rings is 2. The summed E-state index contributed by atoms with van der Waals surface area (Å²) in [5.41, 5.74) is 3.72. The smallest absolute Gasteiger partial charge is 0.340 e. The molecule has 2 fully saturated rings. The van der Waals surface area contributed by atoms with Crippen molar-refractivity contribution in [3.8, 4) is 17.2 Å². The zero-order valence-electron chi connectivity index (χ0n) is 21.3. The van der Waals surface area contributed by atoms with Crippen molar-refractivity contribution in [1.82, 2.24) is 9.88 Å². The molecule has 2 atom stereocenters. The molecular weight excluding hydrogens is 456 g/mol. The van der Waals surface area contributed by atoms with E-state index in [4.69, 9.17) is 18.9 Å². The van der Waals surface area contributed by atoms with E-state index < -0.39 is 0 Å². The summed E-state index contributed by atoms with van der Waals surface area (Å²) >= 11 is 0. The predicted octanol–water partition coefficient (Wildman–Crippen LogP) is 5.38. The Morgan fingerprint density at radius 3 is 2.67 bits per heavy atom. The number of aromatic amines is 1. The van der Waals surface area contributed by atoms with Crippen LogP contribution in [0, 0.1) is 12.8 Å². The van der Waals surface area contributed by atoms with Gasteiger partial charge in [-0.3, -0.25) is 4.90 Å². The Morgan fingerprint density at radius 2 is 1.89 bits per heavy atom. The lowest BCUT2D eigenvalue weighted by Gasteiger charge is -2.56. The summed E-state index contributed by atoms with van der Waals surface area (Å²) < 4.78 is 24.6. The number of nitrogens with zero attached hydrogens (tertiary/aromatic N) is 1. The molecule has 0 aliphatic carbocycles. The first-order chi connectivity index (χ1) is 17.6. The molecule has 0 bridgehead atoms. The van der Waals surface area contributed by atoms with E-state index in [2.05, 4.69) is 9.88 Å². The average Bonchev–Trinajstić information content (AvgIpc) is 3.26. The van der Waals surface area contributed by atoms with Crippen molar-refractivity contribution in [3.05, 3.63) is 52.7 Å². The van der Waals surface area contributed by atoms with E-state index in [9.17, 15) is 4.79 Å². The van der Waals surface area contributed by atoms with Crippen LogP contribution in [0.5, 0.6) is 17.2 Å². The van der Waals surface area contributed by atoms with Crippen LogP contribution in [-0.2, 0) is 17.8 Å². The zero-order valence-corrected chi connectivity index (χ0v) is 21.3. The molecule has 3 aromatic rings. The van der Waals surface area contributed by atoms with Gasteiger partial charge in [0.1, 0.15) is 6.61 Å². The fraction of sp³-hybridized carbons (Fsp3) is 0.483. The monoisotopic (exact) mass is 490 g/mol. The molecule has 190 valence electrons. The molecule has 1 aromatic heterocycles. The summed E-state index contributed by atoms with van der Waals surface area (Å²) in [4.78, 5) is 19.4. The van der Waals surface area contributed by atoms with Gasteiger partial charge in [0.15, 0.2) is 17.2 Å². The highest BCUT2D eigenvalue weighted by Crippen LogP contribution is 2.56. The fourth-order valence-corrected chi connectivity index (χ4v) is 6.73. The summed E-state index contributed by atoms with van der Waals surface area (Å²) in [5, 5.41) is 0.834. The molecule has 36 heavy (non-hydrogen) atoms. The van der Waals surface area contributed by atoms with Crippen LogP contribution >= 0.6 is 0 Å². The Labute approximate surface area is 211 Å². The Morgan fingerprint density at radius 1 is 1.11 bits per heavy atom. The number of rotatable bonds is 5. The lowest BCUT2D eigenvalue weighted by molar-refractivity contribution is -0.178. The van der Waals surface area contributed by atoms with Gasteiger partial charge < -0.3 is 23.9 Å². The number of hydrogen-bond donors (Lipinski definition) is 1. The van der Waals surface area contributed by atoms with Crippen LogP contribution in [0.15, 0.2) is 30.3 Å². The number of H-pyrrole nitrogens is 1. The maximum absolute atomic E-state index is 13.5. The Bertz CT molecular complexity index is 1300. The second-order valence-corrected chi connectivity index (χ2v) is 10.2. The quantitative estimate of drug-likeness (QED) is 0.484. The van der Waals surface area contributed by atoms with E-state index in [-0.39, 0.29) is 18.3 Å². The average molecular weight is 491 g/mol. The SMILES string of the molecule is COc1c2c(c3c(C(=O)OCc4ccccc4)c(C)[nH]c3c1OC)CC1CCCN3CCCCC13O2. The summed E-state index contributed by atoms with van der Waals surface area (Å²) in [6, 6.07) is 9.75. The Kier molecular flexibility index (Phi) is 5.83. The molecule has 2 aromatic carbocycles. The summed E-state index contributed by atoms with van der Waals surface area (Å²) in [6.45, 7) is 4.26. The van der Waals surface area contributed by atoms with E-state index in [1.165, 1.54) is 12.8 Å². The highest BCUT2D eigenvalue weighted by atomic mass is 16.6. The van der Waals surface area contributed by atoms with Gasteiger partial charge in [-0.05, 0) is 44.6 Å². The largest absolute Gasteiger partial charge is 0.491 e. The standard InChI is InChI=1S/C29H34N2O5/c1-18-22(28(32)35-17-19-10-5-4-6-11-19)23-21-16-20-12-9-15-31-14-8-7-13-29(20,31)36-25(21)27(34-3)26(33-2)24(23)30-18/h4-6,10-11,20,30H,7-9,12-17H2,1-3H3. The van der Waals surface area contributed by atoms with Crippen LogP contribution in [0.3, 0.4) is 0 Å². The van der Waals surface area contributed by atoms with Gasteiger partial charge in [0, 0.05) is 42.1 Å². The highest BCUT2D eigenvalue weighted by Gasteiger charge is 2.53. The van der Waals surface area contributed by atoms with Crippen LogP contribution in [0.1, 0.15) is 59.3 Å². The molecule has 3 aliphatic rings. The number of aryl methyl sites for hydroxylation is 1. The summed E-state index contributed by atoms with van der Waals surface area (Å²) in [6.07, 6.45) is 6.49. The summed E-state index contributed by atoms with van der Waals surface area (Å²) in [5.74, 6) is 1.88. The third-order valence-electron chi connectivity index (χ3n) is 8.32. The molecule has 1 N–H and O–H groups in total.